The molecule has 2 heterocycles. The molecule has 0 aliphatic carbocycles. The predicted octanol–water partition coefficient (Wildman–Crippen LogP) is 3.20. The number of aryl methyl sites for hydroxylation is 1. The van der Waals surface area contributed by atoms with Crippen LogP contribution in [0.2, 0.25) is 0 Å². The maximum atomic E-state index is 13.2. The number of nitrogens with zero attached hydrogens (tertiary/aromatic N) is 2. The minimum Gasteiger partial charge on any atom is -0.497 e. The van der Waals surface area contributed by atoms with Gasteiger partial charge in [-0.1, -0.05) is 12.1 Å². The van der Waals surface area contributed by atoms with Crippen LogP contribution in [-0.4, -0.2) is 60.8 Å². The van der Waals surface area contributed by atoms with Crippen molar-refractivity contribution in [3.63, 3.8) is 0 Å². The van der Waals surface area contributed by atoms with Crippen LogP contribution in [0.1, 0.15) is 36.4 Å². The number of hydrogen-bond acceptors (Lipinski definition) is 6. The van der Waals surface area contributed by atoms with Gasteiger partial charge in [0.05, 0.1) is 14.2 Å². The van der Waals surface area contributed by atoms with Crippen LogP contribution in [-0.2, 0) is 16.4 Å². The van der Waals surface area contributed by atoms with Gasteiger partial charge in [0.25, 0.3) is 0 Å². The molecule has 1 N–H and O–H groups in total. The highest BCUT2D eigenvalue weighted by atomic mass is 32.2. The first-order valence-corrected chi connectivity index (χ1v) is 12.7. The van der Waals surface area contributed by atoms with E-state index in [9.17, 15) is 8.42 Å². The zero-order valence-corrected chi connectivity index (χ0v) is 20.0. The smallest absolute Gasteiger partial charge is 0.244 e. The number of ether oxygens (including phenoxy) is 2. The lowest BCUT2D eigenvalue weighted by atomic mass is 9.96. The average Bonchev–Trinajstić information content (AvgIpc) is 3.33. The maximum Gasteiger partial charge on any atom is 0.244 e. The quantitative estimate of drug-likeness (QED) is 0.654. The molecule has 1 atom stereocenters. The number of sulfonamides is 1. The highest BCUT2D eigenvalue weighted by Crippen LogP contribution is 2.33. The van der Waals surface area contributed by atoms with Gasteiger partial charge >= 0.3 is 0 Å². The van der Waals surface area contributed by atoms with Crippen molar-refractivity contribution in [1.82, 2.24) is 9.62 Å². The maximum absolute atomic E-state index is 13.2. The van der Waals surface area contributed by atoms with Crippen molar-refractivity contribution >= 4 is 15.7 Å². The molecule has 32 heavy (non-hydrogen) atoms. The van der Waals surface area contributed by atoms with E-state index in [1.807, 2.05) is 0 Å². The summed E-state index contributed by atoms with van der Waals surface area (Å²) in [4.78, 5) is 4.81. The van der Waals surface area contributed by atoms with Crippen molar-refractivity contribution in [2.75, 3.05) is 52.3 Å². The third kappa shape index (κ3) is 4.72. The number of benzene rings is 2. The van der Waals surface area contributed by atoms with E-state index >= 15 is 0 Å². The van der Waals surface area contributed by atoms with Gasteiger partial charge in [-0.3, -0.25) is 4.90 Å². The average molecular weight is 460 g/mol. The summed E-state index contributed by atoms with van der Waals surface area (Å²) < 4.78 is 39.7. The van der Waals surface area contributed by atoms with Crippen molar-refractivity contribution in [3.8, 4) is 11.5 Å². The van der Waals surface area contributed by atoms with Crippen molar-refractivity contribution < 1.29 is 17.9 Å². The van der Waals surface area contributed by atoms with Crippen molar-refractivity contribution in [1.29, 1.82) is 0 Å². The van der Waals surface area contributed by atoms with E-state index in [4.69, 9.17) is 9.47 Å². The summed E-state index contributed by atoms with van der Waals surface area (Å²) in [5.74, 6) is 0.821. The second-order valence-electron chi connectivity index (χ2n) is 8.54. The minimum atomic E-state index is -3.75. The molecular formula is C24H33N3O4S. The molecule has 7 nitrogen and oxygen atoms in total. The number of fused-ring (bicyclic) bond motifs is 1. The molecule has 0 radical (unpaired) electrons. The van der Waals surface area contributed by atoms with Crippen LogP contribution in [0.3, 0.4) is 0 Å². The van der Waals surface area contributed by atoms with Gasteiger partial charge in [-0.15, -0.1) is 0 Å². The van der Waals surface area contributed by atoms with E-state index in [0.717, 1.165) is 45.3 Å². The Morgan fingerprint density at radius 1 is 1.00 bits per heavy atom. The Morgan fingerprint density at radius 3 is 2.50 bits per heavy atom. The standard InChI is InChI=1S/C24H33N3O4S/c1-26-12-6-7-18-15-19(8-10-21(18)26)22(27-13-4-5-14-27)17-25-32(28,29)24-11-9-20(30-2)16-23(24)31-3/h8-11,15-16,22,25H,4-7,12-14,17H2,1-3H3/t22-/m1/s1. The van der Waals surface area contributed by atoms with E-state index in [2.05, 4.69) is 39.8 Å². The number of nitrogens with one attached hydrogen (secondary N) is 1. The highest BCUT2D eigenvalue weighted by molar-refractivity contribution is 7.89. The van der Waals surface area contributed by atoms with Crippen LogP contribution in [0, 0.1) is 0 Å². The van der Waals surface area contributed by atoms with Crippen LogP contribution in [0.4, 0.5) is 5.69 Å². The van der Waals surface area contributed by atoms with Gasteiger partial charge < -0.3 is 14.4 Å². The number of anilines is 1. The summed E-state index contributed by atoms with van der Waals surface area (Å²) in [6.07, 6.45) is 4.49. The zero-order chi connectivity index (χ0) is 22.7. The molecule has 0 aromatic heterocycles. The van der Waals surface area contributed by atoms with Gasteiger partial charge in [-0.25, -0.2) is 13.1 Å². The molecule has 4 rings (SSSR count). The molecule has 1 fully saturated rings. The van der Waals surface area contributed by atoms with Gasteiger partial charge in [-0.2, -0.15) is 0 Å². The first-order chi connectivity index (χ1) is 15.4. The largest absolute Gasteiger partial charge is 0.497 e. The molecule has 2 aromatic carbocycles. The Balaban J connectivity index is 1.59. The molecule has 0 spiro atoms. The molecule has 0 saturated carbocycles. The molecule has 8 heteroatoms. The van der Waals surface area contributed by atoms with Gasteiger partial charge in [0.2, 0.25) is 10.0 Å². The Kier molecular flexibility index (Phi) is 6.93. The molecule has 174 valence electrons. The summed E-state index contributed by atoms with van der Waals surface area (Å²) in [6, 6.07) is 11.4. The second-order valence-corrected chi connectivity index (χ2v) is 10.3. The lowest BCUT2D eigenvalue weighted by molar-refractivity contribution is 0.246. The molecule has 1 saturated heterocycles. The fourth-order valence-corrected chi connectivity index (χ4v) is 5.97. The van der Waals surface area contributed by atoms with Crippen LogP contribution in [0.25, 0.3) is 0 Å². The van der Waals surface area contributed by atoms with Gasteiger partial charge in [0.15, 0.2) is 0 Å². The molecule has 2 aromatic rings. The van der Waals surface area contributed by atoms with Crippen LogP contribution >= 0.6 is 0 Å². The van der Waals surface area contributed by atoms with Crippen molar-refractivity contribution in [2.24, 2.45) is 0 Å². The fraction of sp³-hybridized carbons (Fsp3) is 0.500. The normalized spacial score (nSPS) is 17.8. The van der Waals surface area contributed by atoms with E-state index in [1.165, 1.54) is 37.1 Å². The summed E-state index contributed by atoms with van der Waals surface area (Å²) in [6.45, 7) is 3.35. The molecular weight excluding hydrogens is 426 g/mol. The van der Waals surface area contributed by atoms with E-state index in [1.54, 1.807) is 12.1 Å². The van der Waals surface area contributed by atoms with Gasteiger partial charge in [0, 0.05) is 37.9 Å². The summed E-state index contributed by atoms with van der Waals surface area (Å²) in [7, 11) is 1.38. The van der Waals surface area contributed by atoms with E-state index in [0.29, 0.717) is 12.3 Å². The Morgan fingerprint density at radius 2 is 1.78 bits per heavy atom. The highest BCUT2D eigenvalue weighted by Gasteiger charge is 2.28. The molecule has 0 amide bonds. The van der Waals surface area contributed by atoms with Gasteiger partial charge in [-0.05, 0) is 68.1 Å². The van der Waals surface area contributed by atoms with E-state index in [-0.39, 0.29) is 16.7 Å². The molecule has 0 bridgehead atoms. The number of hydrogen-bond donors (Lipinski definition) is 1. The summed E-state index contributed by atoms with van der Waals surface area (Å²) >= 11 is 0. The Bertz CT molecular complexity index is 1050. The Hall–Kier alpha value is -2.29. The van der Waals surface area contributed by atoms with Crippen LogP contribution in [0.5, 0.6) is 11.5 Å². The van der Waals surface area contributed by atoms with Gasteiger partial charge in [0.1, 0.15) is 16.4 Å². The zero-order valence-electron chi connectivity index (χ0n) is 19.1. The number of likely N-dealkylation sites (tertiary alicyclic amines) is 1. The third-order valence-electron chi connectivity index (χ3n) is 6.55. The number of rotatable bonds is 8. The minimum absolute atomic E-state index is 0.00551. The lowest BCUT2D eigenvalue weighted by Crippen LogP contribution is -2.37. The topological polar surface area (TPSA) is 71.1 Å². The Labute approximate surface area is 191 Å². The van der Waals surface area contributed by atoms with Crippen molar-refractivity contribution in [2.45, 2.75) is 36.6 Å². The van der Waals surface area contributed by atoms with Crippen LogP contribution < -0.4 is 19.1 Å². The van der Waals surface area contributed by atoms with Crippen molar-refractivity contribution in [3.05, 3.63) is 47.5 Å². The molecule has 0 unspecified atom stereocenters. The lowest BCUT2D eigenvalue weighted by Gasteiger charge is -2.32. The monoisotopic (exact) mass is 459 g/mol. The summed E-state index contributed by atoms with van der Waals surface area (Å²) in [5.41, 5.74) is 3.80. The second kappa shape index (κ2) is 9.68. The summed E-state index contributed by atoms with van der Waals surface area (Å²) in [5, 5.41) is 0. The van der Waals surface area contributed by atoms with E-state index < -0.39 is 10.0 Å². The predicted molar refractivity (Wildman–Crippen MR) is 126 cm³/mol. The number of methoxy groups -OCH3 is 2. The first-order valence-electron chi connectivity index (χ1n) is 11.2. The SMILES string of the molecule is COc1ccc(S(=O)(=O)NC[C@H](c2ccc3c(c2)CCCN3C)N2CCCC2)c(OC)c1. The molecule has 2 aliphatic rings. The third-order valence-corrected chi connectivity index (χ3v) is 8.01. The molecule has 2 aliphatic heterocycles. The fourth-order valence-electron chi connectivity index (χ4n) is 4.79. The first kappa shape index (κ1) is 22.9. The van der Waals surface area contributed by atoms with Crippen LogP contribution in [0.15, 0.2) is 41.3 Å².